The lowest BCUT2D eigenvalue weighted by atomic mass is 10.0. The van der Waals surface area contributed by atoms with Gasteiger partial charge in [0.25, 0.3) is 5.91 Å². The van der Waals surface area contributed by atoms with E-state index in [2.05, 4.69) is 10.9 Å². The highest BCUT2D eigenvalue weighted by Crippen LogP contribution is 2.23. The molecule has 2 aromatic carbocycles. The van der Waals surface area contributed by atoms with Gasteiger partial charge in [-0.2, -0.15) is 0 Å². The van der Waals surface area contributed by atoms with Crippen LogP contribution in [0.5, 0.6) is 5.75 Å². The molecule has 0 spiro atoms. The standard InChI is InChI=1S/C21H24ClN3O3/c1-28-18-11-10-16(22)14-17(18)20(26)24-23-19(15-8-4-2-5-9-15)21(27)25-12-6-3-7-13-25/h2,4-5,8-11,14,19,23H,3,6-7,12-13H2,1H3,(H,24,26). The van der Waals surface area contributed by atoms with Crippen molar-refractivity contribution in [1.82, 2.24) is 15.8 Å². The van der Waals surface area contributed by atoms with Gasteiger partial charge in [0.1, 0.15) is 11.8 Å². The SMILES string of the molecule is COc1ccc(Cl)cc1C(=O)NNC(C(=O)N1CCCCC1)c1ccccc1. The Hall–Kier alpha value is -2.57. The van der Waals surface area contributed by atoms with Crippen molar-refractivity contribution in [3.8, 4) is 5.75 Å². The maximum absolute atomic E-state index is 13.1. The smallest absolute Gasteiger partial charge is 0.269 e. The van der Waals surface area contributed by atoms with Crippen molar-refractivity contribution in [1.29, 1.82) is 0 Å². The lowest BCUT2D eigenvalue weighted by molar-refractivity contribution is -0.134. The molecule has 1 unspecified atom stereocenters. The highest BCUT2D eigenvalue weighted by atomic mass is 35.5. The molecule has 1 fully saturated rings. The van der Waals surface area contributed by atoms with Crippen LogP contribution in [0.3, 0.4) is 0 Å². The lowest BCUT2D eigenvalue weighted by Crippen LogP contribution is -2.48. The van der Waals surface area contributed by atoms with Gasteiger partial charge in [0.05, 0.1) is 12.7 Å². The van der Waals surface area contributed by atoms with Crippen LogP contribution in [-0.2, 0) is 4.79 Å². The Morgan fingerprint density at radius 3 is 2.46 bits per heavy atom. The molecule has 1 aliphatic rings. The Morgan fingerprint density at radius 2 is 1.79 bits per heavy atom. The highest BCUT2D eigenvalue weighted by Gasteiger charge is 2.27. The predicted molar refractivity (Wildman–Crippen MR) is 108 cm³/mol. The molecule has 0 radical (unpaired) electrons. The predicted octanol–water partition coefficient (Wildman–Crippen LogP) is 3.34. The van der Waals surface area contributed by atoms with E-state index in [1.807, 2.05) is 35.2 Å². The van der Waals surface area contributed by atoms with Gasteiger partial charge in [-0.1, -0.05) is 41.9 Å². The molecular formula is C21H24ClN3O3. The van der Waals surface area contributed by atoms with Gasteiger partial charge in [-0.25, -0.2) is 5.43 Å². The second-order valence-corrected chi connectivity index (χ2v) is 7.11. The summed E-state index contributed by atoms with van der Waals surface area (Å²) in [6.07, 6.45) is 3.14. The van der Waals surface area contributed by atoms with Crippen molar-refractivity contribution >= 4 is 23.4 Å². The highest BCUT2D eigenvalue weighted by molar-refractivity contribution is 6.31. The van der Waals surface area contributed by atoms with Crippen molar-refractivity contribution in [3.05, 3.63) is 64.7 Å². The van der Waals surface area contributed by atoms with Crippen LogP contribution in [0.2, 0.25) is 5.02 Å². The van der Waals surface area contributed by atoms with E-state index in [9.17, 15) is 9.59 Å². The number of nitrogens with one attached hydrogen (secondary N) is 2. The van der Waals surface area contributed by atoms with Crippen LogP contribution >= 0.6 is 11.6 Å². The van der Waals surface area contributed by atoms with Gasteiger partial charge in [-0.3, -0.25) is 15.0 Å². The number of piperidine rings is 1. The molecule has 0 bridgehead atoms. The van der Waals surface area contributed by atoms with Gasteiger partial charge in [-0.05, 0) is 43.0 Å². The molecule has 1 saturated heterocycles. The van der Waals surface area contributed by atoms with Gasteiger partial charge in [0.2, 0.25) is 5.91 Å². The van der Waals surface area contributed by atoms with Gasteiger partial charge in [0.15, 0.2) is 0 Å². The third kappa shape index (κ3) is 4.82. The second kappa shape index (κ2) is 9.57. The molecule has 1 heterocycles. The molecular weight excluding hydrogens is 378 g/mol. The summed E-state index contributed by atoms with van der Waals surface area (Å²) in [6, 6.07) is 13.5. The van der Waals surface area contributed by atoms with Gasteiger partial charge in [-0.15, -0.1) is 0 Å². The summed E-state index contributed by atoms with van der Waals surface area (Å²) in [5.41, 5.74) is 6.64. The number of likely N-dealkylation sites (tertiary alicyclic amines) is 1. The number of hydrogen-bond acceptors (Lipinski definition) is 4. The zero-order chi connectivity index (χ0) is 19.9. The zero-order valence-electron chi connectivity index (χ0n) is 15.8. The monoisotopic (exact) mass is 401 g/mol. The number of carbonyl (C=O) groups is 2. The first-order chi connectivity index (χ1) is 13.6. The molecule has 148 valence electrons. The van der Waals surface area contributed by atoms with E-state index in [4.69, 9.17) is 16.3 Å². The molecule has 1 atom stereocenters. The second-order valence-electron chi connectivity index (χ2n) is 6.67. The maximum atomic E-state index is 13.1. The number of hydrazine groups is 1. The average Bonchev–Trinajstić information content (AvgIpc) is 2.75. The van der Waals surface area contributed by atoms with Crippen LogP contribution in [0.4, 0.5) is 0 Å². The van der Waals surface area contributed by atoms with E-state index in [-0.39, 0.29) is 5.91 Å². The third-order valence-electron chi connectivity index (χ3n) is 4.78. The van der Waals surface area contributed by atoms with Crippen LogP contribution in [0.1, 0.15) is 41.2 Å². The van der Waals surface area contributed by atoms with E-state index in [1.165, 1.54) is 13.2 Å². The maximum Gasteiger partial charge on any atom is 0.269 e. The first kappa shape index (κ1) is 20.2. The Labute approximate surface area is 169 Å². The molecule has 2 amide bonds. The molecule has 28 heavy (non-hydrogen) atoms. The summed E-state index contributed by atoms with van der Waals surface area (Å²) in [5, 5.41) is 0.426. The van der Waals surface area contributed by atoms with E-state index < -0.39 is 11.9 Å². The lowest BCUT2D eigenvalue weighted by Gasteiger charge is -2.31. The normalized spacial score (nSPS) is 15.0. The van der Waals surface area contributed by atoms with Crippen LogP contribution in [0.25, 0.3) is 0 Å². The fourth-order valence-electron chi connectivity index (χ4n) is 3.29. The Bertz CT molecular complexity index is 823. The van der Waals surface area contributed by atoms with Crippen molar-refractivity contribution in [3.63, 3.8) is 0 Å². The fourth-order valence-corrected chi connectivity index (χ4v) is 3.46. The quantitative estimate of drug-likeness (QED) is 0.728. The fraction of sp³-hybridized carbons (Fsp3) is 0.333. The molecule has 1 aliphatic heterocycles. The summed E-state index contributed by atoms with van der Waals surface area (Å²) in [5.74, 6) is -0.0710. The number of benzene rings is 2. The minimum atomic E-state index is -0.673. The van der Waals surface area contributed by atoms with Crippen molar-refractivity contribution in [2.24, 2.45) is 0 Å². The minimum absolute atomic E-state index is 0.0516. The molecule has 0 aromatic heterocycles. The van der Waals surface area contributed by atoms with Crippen LogP contribution in [0.15, 0.2) is 48.5 Å². The summed E-state index contributed by atoms with van der Waals surface area (Å²) in [6.45, 7) is 1.47. The van der Waals surface area contributed by atoms with Crippen LogP contribution in [0, 0.1) is 0 Å². The summed E-state index contributed by atoms with van der Waals surface area (Å²) < 4.78 is 5.23. The number of carbonyl (C=O) groups excluding carboxylic acids is 2. The van der Waals surface area contributed by atoms with Crippen molar-refractivity contribution in [2.45, 2.75) is 25.3 Å². The molecule has 0 aliphatic carbocycles. The number of nitrogens with zero attached hydrogens (tertiary/aromatic N) is 1. The summed E-state index contributed by atoms with van der Waals surface area (Å²) in [4.78, 5) is 27.6. The first-order valence-electron chi connectivity index (χ1n) is 9.33. The molecule has 0 saturated carbocycles. The summed E-state index contributed by atoms with van der Waals surface area (Å²) >= 11 is 6.01. The Balaban J connectivity index is 1.77. The number of amides is 2. The first-order valence-corrected chi connectivity index (χ1v) is 9.71. The van der Waals surface area contributed by atoms with Crippen molar-refractivity contribution in [2.75, 3.05) is 20.2 Å². The number of rotatable bonds is 6. The van der Waals surface area contributed by atoms with Gasteiger partial charge in [0, 0.05) is 18.1 Å². The van der Waals surface area contributed by atoms with E-state index in [1.54, 1.807) is 12.1 Å². The summed E-state index contributed by atoms with van der Waals surface area (Å²) in [7, 11) is 1.49. The largest absolute Gasteiger partial charge is 0.496 e. The van der Waals surface area contributed by atoms with Gasteiger partial charge < -0.3 is 9.64 Å². The van der Waals surface area contributed by atoms with E-state index in [0.717, 1.165) is 37.9 Å². The number of hydrogen-bond donors (Lipinski definition) is 2. The molecule has 2 aromatic rings. The van der Waals surface area contributed by atoms with E-state index >= 15 is 0 Å². The topological polar surface area (TPSA) is 70.7 Å². The van der Waals surface area contributed by atoms with Crippen molar-refractivity contribution < 1.29 is 14.3 Å². The molecule has 7 heteroatoms. The minimum Gasteiger partial charge on any atom is -0.496 e. The molecule has 3 rings (SSSR count). The number of ether oxygens (including phenoxy) is 1. The number of halogens is 1. The Kier molecular flexibility index (Phi) is 6.90. The average molecular weight is 402 g/mol. The number of methoxy groups -OCH3 is 1. The van der Waals surface area contributed by atoms with Crippen LogP contribution < -0.4 is 15.6 Å². The van der Waals surface area contributed by atoms with E-state index in [0.29, 0.717) is 16.3 Å². The Morgan fingerprint density at radius 1 is 1.07 bits per heavy atom. The zero-order valence-corrected chi connectivity index (χ0v) is 16.5. The molecule has 2 N–H and O–H groups in total. The molecule has 6 nitrogen and oxygen atoms in total. The van der Waals surface area contributed by atoms with Crippen LogP contribution in [-0.4, -0.2) is 36.9 Å². The van der Waals surface area contributed by atoms with Gasteiger partial charge >= 0.3 is 0 Å². The third-order valence-corrected chi connectivity index (χ3v) is 5.02.